The van der Waals surface area contributed by atoms with E-state index in [1.165, 1.54) is 20.0 Å². The summed E-state index contributed by atoms with van der Waals surface area (Å²) in [6.45, 7) is 4.73. The lowest BCUT2D eigenvalue weighted by molar-refractivity contribution is -0.140. The molecular formula is C12H13N3O3. The van der Waals surface area contributed by atoms with Gasteiger partial charge >= 0.3 is 6.03 Å². The number of hydrogen-bond donors (Lipinski definition) is 1. The Morgan fingerprint density at radius 3 is 2.56 bits per heavy atom. The summed E-state index contributed by atoms with van der Waals surface area (Å²) in [6, 6.07) is 0.958. The highest BCUT2D eigenvalue weighted by atomic mass is 16.2. The fraction of sp³-hybridized carbons (Fsp3) is 0.333. The Kier molecular flexibility index (Phi) is 2.65. The van der Waals surface area contributed by atoms with Gasteiger partial charge in [-0.15, -0.1) is 0 Å². The molecule has 0 unspecified atom stereocenters. The van der Waals surface area contributed by atoms with E-state index < -0.39 is 23.3 Å². The minimum atomic E-state index is -1.27. The normalized spacial score (nSPS) is 18.8. The lowest BCUT2D eigenvalue weighted by Crippen LogP contribution is -2.62. The van der Waals surface area contributed by atoms with Gasteiger partial charge in [0.1, 0.15) is 5.41 Å². The molecule has 94 valence electrons. The number of amides is 4. The summed E-state index contributed by atoms with van der Waals surface area (Å²) in [7, 11) is 0. The summed E-state index contributed by atoms with van der Waals surface area (Å²) >= 11 is 0. The molecule has 1 fully saturated rings. The molecule has 2 heterocycles. The van der Waals surface area contributed by atoms with E-state index in [4.69, 9.17) is 0 Å². The number of rotatable bonds is 1. The summed E-state index contributed by atoms with van der Waals surface area (Å²) in [5.74, 6) is -1.14. The molecular weight excluding hydrogens is 234 g/mol. The molecule has 6 heteroatoms. The van der Waals surface area contributed by atoms with E-state index in [2.05, 4.69) is 10.3 Å². The van der Waals surface area contributed by atoms with Gasteiger partial charge in [0.25, 0.3) is 0 Å². The van der Waals surface area contributed by atoms with E-state index >= 15 is 0 Å². The summed E-state index contributed by atoms with van der Waals surface area (Å²) in [6.07, 6.45) is 3.00. The van der Waals surface area contributed by atoms with Crippen LogP contribution in [0.15, 0.2) is 18.5 Å². The summed E-state index contributed by atoms with van der Waals surface area (Å²) in [4.78, 5) is 40.5. The standard InChI is InChI=1S/C12H13N3O3/c1-7-4-5-13-6-8(7)15-10(17)12(2,3)9(16)14-11(15)18/h4-6H,1-3H3,(H,14,16,18). The van der Waals surface area contributed by atoms with Gasteiger partial charge in [-0.3, -0.25) is 19.9 Å². The average molecular weight is 247 g/mol. The van der Waals surface area contributed by atoms with Gasteiger partial charge in [0.15, 0.2) is 0 Å². The van der Waals surface area contributed by atoms with Crippen molar-refractivity contribution in [2.75, 3.05) is 4.90 Å². The summed E-state index contributed by atoms with van der Waals surface area (Å²) in [5, 5.41) is 2.18. The molecule has 0 radical (unpaired) electrons. The van der Waals surface area contributed by atoms with Crippen molar-refractivity contribution in [1.29, 1.82) is 0 Å². The number of nitrogens with zero attached hydrogens (tertiary/aromatic N) is 2. The number of urea groups is 1. The fourth-order valence-corrected chi connectivity index (χ4v) is 1.69. The van der Waals surface area contributed by atoms with E-state index in [-0.39, 0.29) is 0 Å². The number of nitrogens with one attached hydrogen (secondary N) is 1. The average Bonchev–Trinajstić information content (AvgIpc) is 2.30. The summed E-state index contributed by atoms with van der Waals surface area (Å²) in [5.41, 5.74) is -0.143. The van der Waals surface area contributed by atoms with E-state index in [0.29, 0.717) is 5.69 Å². The van der Waals surface area contributed by atoms with Crippen LogP contribution in [0.2, 0.25) is 0 Å². The predicted molar refractivity (Wildman–Crippen MR) is 63.8 cm³/mol. The molecule has 1 aliphatic heterocycles. The highest BCUT2D eigenvalue weighted by molar-refractivity contribution is 6.29. The van der Waals surface area contributed by atoms with Crippen molar-refractivity contribution in [3.63, 3.8) is 0 Å². The molecule has 2 rings (SSSR count). The van der Waals surface area contributed by atoms with Gasteiger partial charge in [-0.1, -0.05) is 0 Å². The van der Waals surface area contributed by atoms with Crippen LogP contribution in [-0.4, -0.2) is 22.8 Å². The number of anilines is 1. The smallest absolute Gasteiger partial charge is 0.276 e. The number of carbonyl (C=O) groups is 3. The van der Waals surface area contributed by atoms with E-state index in [1.807, 2.05) is 0 Å². The maximum Gasteiger partial charge on any atom is 0.335 e. The molecule has 0 aliphatic carbocycles. The molecule has 1 aromatic rings. The molecule has 18 heavy (non-hydrogen) atoms. The van der Waals surface area contributed by atoms with Gasteiger partial charge < -0.3 is 0 Å². The summed E-state index contributed by atoms with van der Waals surface area (Å²) < 4.78 is 0. The van der Waals surface area contributed by atoms with Crippen LogP contribution in [0.1, 0.15) is 19.4 Å². The van der Waals surface area contributed by atoms with E-state index in [0.717, 1.165) is 10.5 Å². The van der Waals surface area contributed by atoms with Gasteiger partial charge in [-0.05, 0) is 32.4 Å². The number of carbonyl (C=O) groups excluding carboxylic acids is 3. The van der Waals surface area contributed by atoms with Crippen LogP contribution in [0, 0.1) is 12.3 Å². The Bertz CT molecular complexity index is 551. The lowest BCUT2D eigenvalue weighted by atomic mass is 9.88. The number of hydrogen-bond acceptors (Lipinski definition) is 4. The van der Waals surface area contributed by atoms with E-state index in [1.54, 1.807) is 19.2 Å². The monoisotopic (exact) mass is 247 g/mol. The number of pyridine rings is 1. The highest BCUT2D eigenvalue weighted by Gasteiger charge is 2.47. The number of aromatic nitrogens is 1. The van der Waals surface area contributed by atoms with Crippen molar-refractivity contribution in [3.8, 4) is 0 Å². The Balaban J connectivity index is 2.51. The fourth-order valence-electron chi connectivity index (χ4n) is 1.69. The SMILES string of the molecule is Cc1ccncc1N1C(=O)NC(=O)C(C)(C)C1=O. The molecule has 0 bridgehead atoms. The molecule has 4 amide bonds. The molecule has 1 aromatic heterocycles. The minimum absolute atomic E-state index is 0.389. The van der Waals surface area contributed by atoms with Crippen LogP contribution in [-0.2, 0) is 9.59 Å². The van der Waals surface area contributed by atoms with Crippen LogP contribution in [0.3, 0.4) is 0 Å². The third kappa shape index (κ3) is 1.66. The van der Waals surface area contributed by atoms with Crippen LogP contribution in [0.5, 0.6) is 0 Å². The first kappa shape index (κ1) is 12.2. The van der Waals surface area contributed by atoms with Crippen LogP contribution >= 0.6 is 0 Å². The quantitative estimate of drug-likeness (QED) is 0.751. The Morgan fingerprint density at radius 2 is 1.94 bits per heavy atom. The van der Waals surface area contributed by atoms with Gasteiger partial charge in [0.2, 0.25) is 11.8 Å². The maximum absolute atomic E-state index is 12.2. The van der Waals surface area contributed by atoms with Crippen molar-refractivity contribution in [2.45, 2.75) is 20.8 Å². The van der Waals surface area contributed by atoms with Crippen molar-refractivity contribution in [3.05, 3.63) is 24.0 Å². The zero-order valence-corrected chi connectivity index (χ0v) is 10.4. The zero-order chi connectivity index (χ0) is 13.5. The minimum Gasteiger partial charge on any atom is -0.276 e. The maximum atomic E-state index is 12.2. The van der Waals surface area contributed by atoms with Gasteiger partial charge in [0.05, 0.1) is 11.9 Å². The van der Waals surface area contributed by atoms with Gasteiger partial charge in [0, 0.05) is 6.20 Å². The number of imide groups is 2. The predicted octanol–water partition coefficient (Wildman–Crippen LogP) is 0.999. The zero-order valence-electron chi connectivity index (χ0n) is 10.4. The Labute approximate surface area is 104 Å². The molecule has 6 nitrogen and oxygen atoms in total. The molecule has 0 saturated carbocycles. The third-order valence-electron chi connectivity index (χ3n) is 2.98. The molecule has 0 spiro atoms. The highest BCUT2D eigenvalue weighted by Crippen LogP contribution is 2.29. The topological polar surface area (TPSA) is 79.4 Å². The first-order valence-electron chi connectivity index (χ1n) is 5.46. The molecule has 1 N–H and O–H groups in total. The third-order valence-corrected chi connectivity index (χ3v) is 2.98. The van der Waals surface area contributed by atoms with Crippen molar-refractivity contribution < 1.29 is 14.4 Å². The largest absolute Gasteiger partial charge is 0.335 e. The van der Waals surface area contributed by atoms with Crippen LogP contribution in [0.25, 0.3) is 0 Å². The lowest BCUT2D eigenvalue weighted by Gasteiger charge is -2.34. The molecule has 1 aliphatic rings. The molecule has 0 aromatic carbocycles. The second-order valence-electron chi connectivity index (χ2n) is 4.69. The van der Waals surface area contributed by atoms with Crippen molar-refractivity contribution in [1.82, 2.24) is 10.3 Å². The first-order valence-corrected chi connectivity index (χ1v) is 5.46. The second kappa shape index (κ2) is 3.90. The van der Waals surface area contributed by atoms with E-state index in [9.17, 15) is 14.4 Å². The first-order chi connectivity index (χ1) is 8.35. The van der Waals surface area contributed by atoms with Gasteiger partial charge in [-0.25, -0.2) is 9.69 Å². The van der Waals surface area contributed by atoms with Crippen LogP contribution < -0.4 is 10.2 Å². The Hall–Kier alpha value is -2.24. The van der Waals surface area contributed by atoms with Crippen molar-refractivity contribution >= 4 is 23.5 Å². The number of barbiturate groups is 1. The second-order valence-corrected chi connectivity index (χ2v) is 4.69. The van der Waals surface area contributed by atoms with Crippen LogP contribution in [0.4, 0.5) is 10.5 Å². The van der Waals surface area contributed by atoms with Gasteiger partial charge in [-0.2, -0.15) is 0 Å². The van der Waals surface area contributed by atoms with Crippen molar-refractivity contribution in [2.24, 2.45) is 5.41 Å². The number of aryl methyl sites for hydroxylation is 1. The Morgan fingerprint density at radius 1 is 1.28 bits per heavy atom. The molecule has 0 atom stereocenters. The molecule has 1 saturated heterocycles.